The molecule has 0 saturated heterocycles. The highest BCUT2D eigenvalue weighted by molar-refractivity contribution is 6.32. The lowest BCUT2D eigenvalue weighted by Crippen LogP contribution is -1.95. The first-order valence-electron chi connectivity index (χ1n) is 4.80. The predicted octanol–water partition coefficient (Wildman–Crippen LogP) is 2.05. The van der Waals surface area contributed by atoms with E-state index >= 15 is 0 Å². The fraction of sp³-hybridized carbons (Fsp3) is 0.273. The van der Waals surface area contributed by atoms with Crippen LogP contribution >= 0.6 is 11.6 Å². The Morgan fingerprint density at radius 3 is 3.06 bits per heavy atom. The van der Waals surface area contributed by atoms with Gasteiger partial charge in [-0.1, -0.05) is 23.8 Å². The molecule has 5 heteroatoms. The maximum Gasteiger partial charge on any atom is 0.231 e. The third kappa shape index (κ3) is 1.81. The number of hydrogen-bond donors (Lipinski definition) is 1. The molecule has 0 fully saturated rings. The summed E-state index contributed by atoms with van der Waals surface area (Å²) in [6, 6.07) is 1.68. The van der Waals surface area contributed by atoms with Crippen LogP contribution in [0.4, 0.5) is 0 Å². The standard InChI is InChI=1S/C11H12ClNO3/c1-14-10-7(3-2-4-13)11-9(5-8(10)12)15-6-16-11/h2-3,5H,4,6,13H2,1H3/b3-2+. The van der Waals surface area contributed by atoms with Crippen molar-refractivity contribution >= 4 is 17.7 Å². The highest BCUT2D eigenvalue weighted by Gasteiger charge is 2.22. The third-order valence-electron chi connectivity index (χ3n) is 2.23. The lowest BCUT2D eigenvalue weighted by atomic mass is 10.1. The largest absolute Gasteiger partial charge is 0.494 e. The van der Waals surface area contributed by atoms with Gasteiger partial charge in [-0.3, -0.25) is 0 Å². The van der Waals surface area contributed by atoms with E-state index in [0.717, 1.165) is 5.56 Å². The van der Waals surface area contributed by atoms with E-state index in [1.54, 1.807) is 19.3 Å². The molecular formula is C11H12ClNO3. The topological polar surface area (TPSA) is 53.7 Å². The molecule has 16 heavy (non-hydrogen) atoms. The Morgan fingerprint density at radius 2 is 2.38 bits per heavy atom. The van der Waals surface area contributed by atoms with Crippen LogP contribution in [0.15, 0.2) is 12.1 Å². The van der Waals surface area contributed by atoms with Crippen LogP contribution in [-0.2, 0) is 0 Å². The molecule has 1 aromatic carbocycles. The first-order valence-corrected chi connectivity index (χ1v) is 5.18. The van der Waals surface area contributed by atoms with Gasteiger partial charge in [-0.2, -0.15) is 0 Å². The monoisotopic (exact) mass is 241 g/mol. The van der Waals surface area contributed by atoms with Crippen molar-refractivity contribution in [3.8, 4) is 17.2 Å². The summed E-state index contributed by atoms with van der Waals surface area (Å²) in [5.41, 5.74) is 6.18. The minimum Gasteiger partial charge on any atom is -0.494 e. The van der Waals surface area contributed by atoms with Crippen LogP contribution in [0, 0.1) is 0 Å². The molecule has 1 aromatic rings. The molecule has 0 bridgehead atoms. The Bertz CT molecular complexity index is 428. The molecule has 0 aliphatic carbocycles. The summed E-state index contributed by atoms with van der Waals surface area (Å²) in [5, 5.41) is 0.489. The minimum atomic E-state index is 0.197. The molecule has 0 radical (unpaired) electrons. The van der Waals surface area contributed by atoms with E-state index in [2.05, 4.69) is 0 Å². The van der Waals surface area contributed by atoms with Gasteiger partial charge in [0.2, 0.25) is 6.79 Å². The van der Waals surface area contributed by atoms with Crippen LogP contribution in [-0.4, -0.2) is 20.4 Å². The van der Waals surface area contributed by atoms with Crippen molar-refractivity contribution in [1.29, 1.82) is 0 Å². The molecule has 0 saturated carbocycles. The number of fused-ring (bicyclic) bond motifs is 1. The highest BCUT2D eigenvalue weighted by atomic mass is 35.5. The number of nitrogens with two attached hydrogens (primary N) is 1. The van der Waals surface area contributed by atoms with Crippen molar-refractivity contribution in [3.63, 3.8) is 0 Å². The minimum absolute atomic E-state index is 0.197. The Hall–Kier alpha value is -1.39. The van der Waals surface area contributed by atoms with Crippen molar-refractivity contribution < 1.29 is 14.2 Å². The van der Waals surface area contributed by atoms with E-state index in [4.69, 9.17) is 31.5 Å². The second-order valence-electron chi connectivity index (χ2n) is 3.18. The summed E-state index contributed by atoms with van der Waals surface area (Å²) in [5.74, 6) is 1.84. The molecular weight excluding hydrogens is 230 g/mol. The molecule has 4 nitrogen and oxygen atoms in total. The van der Waals surface area contributed by atoms with Gasteiger partial charge in [-0.05, 0) is 0 Å². The van der Waals surface area contributed by atoms with Crippen molar-refractivity contribution in [1.82, 2.24) is 0 Å². The first-order chi connectivity index (χ1) is 7.77. The van der Waals surface area contributed by atoms with Crippen LogP contribution in [0.5, 0.6) is 17.2 Å². The number of benzene rings is 1. The molecule has 0 spiro atoms. The van der Waals surface area contributed by atoms with E-state index in [9.17, 15) is 0 Å². The van der Waals surface area contributed by atoms with Gasteiger partial charge in [0.25, 0.3) is 0 Å². The second-order valence-corrected chi connectivity index (χ2v) is 3.58. The Kier molecular flexibility index (Phi) is 3.22. The molecule has 0 atom stereocenters. The fourth-order valence-electron chi connectivity index (χ4n) is 1.56. The fourth-order valence-corrected chi connectivity index (χ4v) is 1.84. The zero-order valence-corrected chi connectivity index (χ0v) is 9.58. The van der Waals surface area contributed by atoms with Gasteiger partial charge in [0.15, 0.2) is 11.5 Å². The third-order valence-corrected chi connectivity index (χ3v) is 2.51. The van der Waals surface area contributed by atoms with Crippen LogP contribution in [0.2, 0.25) is 5.02 Å². The summed E-state index contributed by atoms with van der Waals surface area (Å²) in [6.07, 6.45) is 3.62. The summed E-state index contributed by atoms with van der Waals surface area (Å²) in [6.45, 7) is 0.633. The molecule has 1 aliphatic heterocycles. The van der Waals surface area contributed by atoms with E-state index in [0.29, 0.717) is 28.8 Å². The van der Waals surface area contributed by atoms with Gasteiger partial charge < -0.3 is 19.9 Å². The SMILES string of the molecule is COc1c(Cl)cc2c(c1/C=C/CN)OCO2. The van der Waals surface area contributed by atoms with Gasteiger partial charge in [0.1, 0.15) is 5.75 Å². The van der Waals surface area contributed by atoms with Crippen molar-refractivity contribution in [2.75, 3.05) is 20.4 Å². The lowest BCUT2D eigenvalue weighted by molar-refractivity contribution is 0.173. The summed E-state index contributed by atoms with van der Waals surface area (Å²) in [4.78, 5) is 0. The maximum absolute atomic E-state index is 6.07. The number of hydrogen-bond acceptors (Lipinski definition) is 4. The van der Waals surface area contributed by atoms with Crippen LogP contribution in [0.3, 0.4) is 0 Å². The van der Waals surface area contributed by atoms with E-state index in [1.165, 1.54) is 0 Å². The number of rotatable bonds is 3. The molecule has 2 N–H and O–H groups in total. The molecule has 0 unspecified atom stereocenters. The van der Waals surface area contributed by atoms with E-state index in [1.807, 2.05) is 6.08 Å². The quantitative estimate of drug-likeness (QED) is 0.880. The van der Waals surface area contributed by atoms with Crippen molar-refractivity contribution in [3.05, 3.63) is 22.7 Å². The molecule has 1 heterocycles. The zero-order valence-electron chi connectivity index (χ0n) is 8.83. The molecule has 0 aromatic heterocycles. The van der Waals surface area contributed by atoms with Crippen LogP contribution < -0.4 is 19.9 Å². The Morgan fingerprint density at radius 1 is 1.56 bits per heavy atom. The van der Waals surface area contributed by atoms with Crippen molar-refractivity contribution in [2.45, 2.75) is 0 Å². The molecule has 1 aliphatic rings. The molecule has 86 valence electrons. The van der Waals surface area contributed by atoms with Gasteiger partial charge in [-0.15, -0.1) is 0 Å². The summed E-state index contributed by atoms with van der Waals surface area (Å²) in [7, 11) is 1.56. The normalized spacial score (nSPS) is 13.4. The summed E-state index contributed by atoms with van der Waals surface area (Å²) < 4.78 is 15.9. The predicted molar refractivity (Wildman–Crippen MR) is 62.2 cm³/mol. The maximum atomic E-state index is 6.07. The average Bonchev–Trinajstić information content (AvgIpc) is 2.72. The van der Waals surface area contributed by atoms with Gasteiger partial charge in [0, 0.05) is 12.6 Å². The van der Waals surface area contributed by atoms with E-state index < -0.39 is 0 Å². The molecule has 0 amide bonds. The average molecular weight is 242 g/mol. The number of methoxy groups -OCH3 is 1. The van der Waals surface area contributed by atoms with Gasteiger partial charge in [-0.25, -0.2) is 0 Å². The number of ether oxygens (including phenoxy) is 3. The number of halogens is 1. The summed E-state index contributed by atoms with van der Waals surface area (Å²) >= 11 is 6.07. The molecule has 2 rings (SSSR count). The first kappa shape index (κ1) is 11.1. The Labute approximate surface area is 98.5 Å². The highest BCUT2D eigenvalue weighted by Crippen LogP contribution is 2.45. The van der Waals surface area contributed by atoms with Crippen LogP contribution in [0.1, 0.15) is 5.56 Å². The second kappa shape index (κ2) is 4.63. The van der Waals surface area contributed by atoms with E-state index in [-0.39, 0.29) is 6.79 Å². The Balaban J connectivity index is 2.57. The van der Waals surface area contributed by atoms with Crippen molar-refractivity contribution in [2.24, 2.45) is 5.73 Å². The van der Waals surface area contributed by atoms with Gasteiger partial charge in [0.05, 0.1) is 17.7 Å². The zero-order chi connectivity index (χ0) is 11.5. The van der Waals surface area contributed by atoms with Gasteiger partial charge >= 0.3 is 0 Å². The lowest BCUT2D eigenvalue weighted by Gasteiger charge is -2.10. The smallest absolute Gasteiger partial charge is 0.231 e. The van der Waals surface area contributed by atoms with Crippen LogP contribution in [0.25, 0.3) is 6.08 Å².